The molecule has 0 aliphatic carbocycles. The Kier molecular flexibility index (Phi) is 4.73. The van der Waals surface area contributed by atoms with E-state index in [2.05, 4.69) is 4.98 Å². The summed E-state index contributed by atoms with van der Waals surface area (Å²) in [7, 11) is 0. The summed E-state index contributed by atoms with van der Waals surface area (Å²) >= 11 is 0. The molecule has 0 unspecified atom stereocenters. The van der Waals surface area contributed by atoms with Gasteiger partial charge >= 0.3 is 0 Å². The second-order valence-electron chi connectivity index (χ2n) is 4.13. The van der Waals surface area contributed by atoms with Crippen molar-refractivity contribution in [3.05, 3.63) is 59.9 Å². The summed E-state index contributed by atoms with van der Waals surface area (Å²) in [6.45, 7) is 1.39. The standard InChI is InChI=1S/C15H18N2O/c16-15-7-2-1-5-13(15)8-11-18-12-9-14-6-3-4-10-17-14/h1-7,10H,8-9,11-12,16H2. The number of aromatic nitrogens is 1. The highest BCUT2D eigenvalue weighted by Gasteiger charge is 1.98. The van der Waals surface area contributed by atoms with Gasteiger partial charge in [-0.3, -0.25) is 4.98 Å². The predicted octanol–water partition coefficient (Wildman–Crippen LogP) is 2.47. The summed E-state index contributed by atoms with van der Waals surface area (Å²) in [6.07, 6.45) is 3.51. The Morgan fingerprint density at radius 3 is 2.50 bits per heavy atom. The lowest BCUT2D eigenvalue weighted by Gasteiger charge is -2.06. The van der Waals surface area contributed by atoms with Crippen molar-refractivity contribution in [3.8, 4) is 0 Å². The van der Waals surface area contributed by atoms with E-state index in [1.54, 1.807) is 6.20 Å². The van der Waals surface area contributed by atoms with Gasteiger partial charge in [-0.05, 0) is 30.2 Å². The van der Waals surface area contributed by atoms with Gasteiger partial charge in [-0.25, -0.2) is 0 Å². The third-order valence-electron chi connectivity index (χ3n) is 2.80. The molecule has 0 radical (unpaired) electrons. The molecule has 3 nitrogen and oxygen atoms in total. The first-order valence-electron chi connectivity index (χ1n) is 6.17. The van der Waals surface area contributed by atoms with Crippen LogP contribution in [0.3, 0.4) is 0 Å². The van der Waals surface area contributed by atoms with Crippen molar-refractivity contribution >= 4 is 5.69 Å². The van der Waals surface area contributed by atoms with Gasteiger partial charge in [-0.2, -0.15) is 0 Å². The minimum absolute atomic E-state index is 0.695. The average Bonchev–Trinajstić information content (AvgIpc) is 2.42. The van der Waals surface area contributed by atoms with Crippen LogP contribution in [0.4, 0.5) is 5.69 Å². The first kappa shape index (κ1) is 12.6. The summed E-state index contributed by atoms with van der Waals surface area (Å²) in [5.74, 6) is 0. The fourth-order valence-electron chi connectivity index (χ4n) is 1.77. The zero-order valence-corrected chi connectivity index (χ0v) is 10.4. The van der Waals surface area contributed by atoms with E-state index in [4.69, 9.17) is 10.5 Å². The van der Waals surface area contributed by atoms with Gasteiger partial charge in [-0.15, -0.1) is 0 Å². The zero-order valence-electron chi connectivity index (χ0n) is 10.4. The maximum atomic E-state index is 5.86. The number of ether oxygens (including phenoxy) is 1. The molecular formula is C15H18N2O. The molecule has 1 heterocycles. The molecule has 2 N–H and O–H groups in total. The first-order chi connectivity index (χ1) is 8.86. The van der Waals surface area contributed by atoms with Crippen LogP contribution in [-0.4, -0.2) is 18.2 Å². The molecule has 18 heavy (non-hydrogen) atoms. The van der Waals surface area contributed by atoms with E-state index in [9.17, 15) is 0 Å². The van der Waals surface area contributed by atoms with Gasteiger partial charge in [0.15, 0.2) is 0 Å². The van der Waals surface area contributed by atoms with E-state index in [1.807, 2.05) is 42.5 Å². The molecule has 1 aromatic heterocycles. The summed E-state index contributed by atoms with van der Waals surface area (Å²) < 4.78 is 5.60. The van der Waals surface area contributed by atoms with Crippen molar-refractivity contribution in [2.75, 3.05) is 18.9 Å². The van der Waals surface area contributed by atoms with Crippen LogP contribution in [0, 0.1) is 0 Å². The normalized spacial score (nSPS) is 10.4. The van der Waals surface area contributed by atoms with Crippen LogP contribution < -0.4 is 5.73 Å². The molecular weight excluding hydrogens is 224 g/mol. The second-order valence-corrected chi connectivity index (χ2v) is 4.13. The maximum Gasteiger partial charge on any atom is 0.0521 e. The van der Waals surface area contributed by atoms with Crippen LogP contribution in [-0.2, 0) is 17.6 Å². The van der Waals surface area contributed by atoms with E-state index in [-0.39, 0.29) is 0 Å². The van der Waals surface area contributed by atoms with Gasteiger partial charge in [0.05, 0.1) is 13.2 Å². The predicted molar refractivity (Wildman–Crippen MR) is 73.3 cm³/mol. The second kappa shape index (κ2) is 6.77. The number of nitrogens with zero attached hydrogens (tertiary/aromatic N) is 1. The molecule has 94 valence electrons. The fourth-order valence-corrected chi connectivity index (χ4v) is 1.77. The van der Waals surface area contributed by atoms with Crippen LogP contribution in [0.1, 0.15) is 11.3 Å². The van der Waals surface area contributed by atoms with E-state index >= 15 is 0 Å². The monoisotopic (exact) mass is 242 g/mol. The fraction of sp³-hybridized carbons (Fsp3) is 0.267. The molecule has 0 fully saturated rings. The van der Waals surface area contributed by atoms with Gasteiger partial charge in [0, 0.05) is 24.0 Å². The van der Waals surface area contributed by atoms with Crippen LogP contribution >= 0.6 is 0 Å². The van der Waals surface area contributed by atoms with Crippen molar-refractivity contribution in [2.45, 2.75) is 12.8 Å². The van der Waals surface area contributed by atoms with E-state index in [0.29, 0.717) is 13.2 Å². The molecule has 0 spiro atoms. The first-order valence-corrected chi connectivity index (χ1v) is 6.17. The van der Waals surface area contributed by atoms with Crippen molar-refractivity contribution in [3.63, 3.8) is 0 Å². The Morgan fingerprint density at radius 1 is 0.944 bits per heavy atom. The van der Waals surface area contributed by atoms with E-state index in [0.717, 1.165) is 29.8 Å². The summed E-state index contributed by atoms with van der Waals surface area (Å²) in [5, 5.41) is 0. The number of rotatable bonds is 6. The molecule has 0 amide bonds. The highest BCUT2D eigenvalue weighted by Crippen LogP contribution is 2.10. The topological polar surface area (TPSA) is 48.1 Å². The lowest BCUT2D eigenvalue weighted by atomic mass is 10.1. The Bertz CT molecular complexity index is 471. The Balaban J connectivity index is 1.66. The minimum atomic E-state index is 0.695. The number of hydrogen-bond donors (Lipinski definition) is 1. The van der Waals surface area contributed by atoms with Gasteiger partial charge in [-0.1, -0.05) is 24.3 Å². The maximum absolute atomic E-state index is 5.86. The third-order valence-corrected chi connectivity index (χ3v) is 2.80. The molecule has 2 rings (SSSR count). The van der Waals surface area contributed by atoms with Gasteiger partial charge < -0.3 is 10.5 Å². The molecule has 0 saturated heterocycles. The molecule has 0 aliphatic heterocycles. The van der Waals surface area contributed by atoms with Crippen molar-refractivity contribution in [2.24, 2.45) is 0 Å². The van der Waals surface area contributed by atoms with Gasteiger partial charge in [0.25, 0.3) is 0 Å². The number of benzene rings is 1. The Hall–Kier alpha value is -1.87. The van der Waals surface area contributed by atoms with Crippen LogP contribution in [0.15, 0.2) is 48.7 Å². The van der Waals surface area contributed by atoms with Crippen LogP contribution in [0.2, 0.25) is 0 Å². The highest BCUT2D eigenvalue weighted by atomic mass is 16.5. The average molecular weight is 242 g/mol. The number of pyridine rings is 1. The third kappa shape index (κ3) is 3.86. The number of para-hydroxylation sites is 1. The minimum Gasteiger partial charge on any atom is -0.399 e. The molecule has 1 aromatic carbocycles. The van der Waals surface area contributed by atoms with Gasteiger partial charge in [0.1, 0.15) is 0 Å². The smallest absolute Gasteiger partial charge is 0.0521 e. The lowest BCUT2D eigenvalue weighted by molar-refractivity contribution is 0.140. The number of anilines is 1. The SMILES string of the molecule is Nc1ccccc1CCOCCc1ccccn1. The molecule has 3 heteroatoms. The van der Waals surface area contributed by atoms with Crippen LogP contribution in [0.5, 0.6) is 0 Å². The van der Waals surface area contributed by atoms with Crippen molar-refractivity contribution < 1.29 is 4.74 Å². The highest BCUT2D eigenvalue weighted by molar-refractivity contribution is 5.46. The molecule has 0 saturated carbocycles. The molecule has 0 aliphatic rings. The number of hydrogen-bond acceptors (Lipinski definition) is 3. The van der Waals surface area contributed by atoms with Gasteiger partial charge in [0.2, 0.25) is 0 Å². The molecule has 0 bridgehead atoms. The van der Waals surface area contributed by atoms with Crippen molar-refractivity contribution in [1.29, 1.82) is 0 Å². The van der Waals surface area contributed by atoms with Crippen LogP contribution in [0.25, 0.3) is 0 Å². The van der Waals surface area contributed by atoms with E-state index in [1.165, 1.54) is 0 Å². The summed E-state index contributed by atoms with van der Waals surface area (Å²) in [6, 6.07) is 13.8. The Morgan fingerprint density at radius 2 is 1.72 bits per heavy atom. The zero-order chi connectivity index (χ0) is 12.6. The molecule has 0 atom stereocenters. The number of nitrogens with two attached hydrogens (primary N) is 1. The lowest BCUT2D eigenvalue weighted by Crippen LogP contribution is -2.05. The van der Waals surface area contributed by atoms with E-state index < -0.39 is 0 Å². The largest absolute Gasteiger partial charge is 0.399 e. The summed E-state index contributed by atoms with van der Waals surface area (Å²) in [5.41, 5.74) is 8.91. The van der Waals surface area contributed by atoms with Crippen molar-refractivity contribution in [1.82, 2.24) is 4.98 Å². The number of nitrogen functional groups attached to an aromatic ring is 1. The molecule has 2 aromatic rings. The quantitative estimate of drug-likeness (QED) is 0.625. The summed E-state index contributed by atoms with van der Waals surface area (Å²) in [4.78, 5) is 4.25. The Labute approximate surface area is 108 Å².